The van der Waals surface area contributed by atoms with Crippen LogP contribution in [-0.4, -0.2) is 41.9 Å². The van der Waals surface area contributed by atoms with Crippen LogP contribution >= 0.6 is 0 Å². The van der Waals surface area contributed by atoms with Gasteiger partial charge in [-0.05, 0) is 29.0 Å². The van der Waals surface area contributed by atoms with Crippen LogP contribution in [0.1, 0.15) is 55.7 Å². The van der Waals surface area contributed by atoms with E-state index in [-0.39, 0.29) is 24.3 Å². The summed E-state index contributed by atoms with van der Waals surface area (Å²) >= 11 is 0. The fourth-order valence-corrected chi connectivity index (χ4v) is 4.08. The lowest BCUT2D eigenvalue weighted by molar-refractivity contribution is -0.145. The van der Waals surface area contributed by atoms with Gasteiger partial charge >= 0.3 is 5.97 Å². The van der Waals surface area contributed by atoms with Gasteiger partial charge in [-0.1, -0.05) is 68.4 Å². The standard InChI is InChI=1S/C26H32N2O4/c1-18(2)21-11-9-20(10-12-21)17-28-22(13-14-25(28)30)16-24(29)27-23(26(31)32-3)15-19-7-5-4-6-8-19/h4-12,18,22-23H,13-17H2,1-3H3,(H,27,29)/t22?,23-/m1/s1. The maximum absolute atomic E-state index is 12.8. The first kappa shape index (κ1) is 23.5. The van der Waals surface area contributed by atoms with E-state index in [0.717, 1.165) is 11.1 Å². The average molecular weight is 437 g/mol. The SMILES string of the molecule is COC(=O)[C@@H](Cc1ccccc1)NC(=O)CC1CCC(=O)N1Cc1ccc(C(C)C)cc1. The number of hydrogen-bond donors (Lipinski definition) is 1. The highest BCUT2D eigenvalue weighted by atomic mass is 16.5. The smallest absolute Gasteiger partial charge is 0.328 e. The molecule has 1 unspecified atom stereocenters. The third kappa shape index (κ3) is 6.19. The predicted octanol–water partition coefficient (Wildman–Crippen LogP) is 3.59. The maximum Gasteiger partial charge on any atom is 0.328 e. The Hall–Kier alpha value is -3.15. The fraction of sp³-hybridized carbons (Fsp3) is 0.423. The van der Waals surface area contributed by atoms with Gasteiger partial charge in [0.1, 0.15) is 6.04 Å². The molecule has 0 aromatic heterocycles. The molecule has 1 fully saturated rings. The molecule has 2 aromatic carbocycles. The van der Waals surface area contributed by atoms with Crippen LogP contribution in [0.25, 0.3) is 0 Å². The number of amides is 2. The van der Waals surface area contributed by atoms with E-state index in [1.807, 2.05) is 42.5 Å². The van der Waals surface area contributed by atoms with Crippen molar-refractivity contribution in [2.75, 3.05) is 7.11 Å². The molecule has 0 radical (unpaired) electrons. The number of carbonyl (C=O) groups is 3. The zero-order valence-corrected chi connectivity index (χ0v) is 19.0. The number of hydrogen-bond acceptors (Lipinski definition) is 4. The quantitative estimate of drug-likeness (QED) is 0.610. The molecule has 2 atom stereocenters. The minimum atomic E-state index is -0.760. The lowest BCUT2D eigenvalue weighted by Gasteiger charge is -2.25. The van der Waals surface area contributed by atoms with E-state index >= 15 is 0 Å². The van der Waals surface area contributed by atoms with Crippen molar-refractivity contribution in [1.82, 2.24) is 10.2 Å². The molecule has 1 heterocycles. The van der Waals surface area contributed by atoms with Gasteiger partial charge in [0.05, 0.1) is 7.11 Å². The van der Waals surface area contributed by atoms with E-state index in [2.05, 4.69) is 31.3 Å². The van der Waals surface area contributed by atoms with Gasteiger partial charge in [-0.25, -0.2) is 4.79 Å². The summed E-state index contributed by atoms with van der Waals surface area (Å²) in [6.45, 7) is 4.78. The molecule has 2 aromatic rings. The van der Waals surface area contributed by atoms with Crippen molar-refractivity contribution in [3.63, 3.8) is 0 Å². The summed E-state index contributed by atoms with van der Waals surface area (Å²) in [5.41, 5.74) is 3.24. The number of ether oxygens (including phenoxy) is 1. The highest BCUT2D eigenvalue weighted by molar-refractivity contribution is 5.86. The van der Waals surface area contributed by atoms with E-state index in [1.165, 1.54) is 12.7 Å². The van der Waals surface area contributed by atoms with Gasteiger partial charge in [0, 0.05) is 31.8 Å². The van der Waals surface area contributed by atoms with E-state index in [1.54, 1.807) is 4.90 Å². The molecule has 32 heavy (non-hydrogen) atoms. The van der Waals surface area contributed by atoms with Gasteiger partial charge in [-0.3, -0.25) is 9.59 Å². The number of esters is 1. The van der Waals surface area contributed by atoms with E-state index in [4.69, 9.17) is 4.74 Å². The van der Waals surface area contributed by atoms with Crippen molar-refractivity contribution in [3.8, 4) is 0 Å². The molecule has 2 amide bonds. The van der Waals surface area contributed by atoms with Gasteiger partial charge in [0.2, 0.25) is 11.8 Å². The summed E-state index contributed by atoms with van der Waals surface area (Å²) in [5.74, 6) is -0.222. The van der Waals surface area contributed by atoms with Gasteiger partial charge < -0.3 is 15.0 Å². The highest BCUT2D eigenvalue weighted by Crippen LogP contribution is 2.25. The van der Waals surface area contributed by atoms with E-state index in [9.17, 15) is 14.4 Å². The van der Waals surface area contributed by atoms with Crippen LogP contribution < -0.4 is 5.32 Å². The first-order valence-corrected chi connectivity index (χ1v) is 11.2. The van der Waals surface area contributed by atoms with Crippen LogP contribution in [0.4, 0.5) is 0 Å². The topological polar surface area (TPSA) is 75.7 Å². The van der Waals surface area contributed by atoms with Crippen molar-refractivity contribution in [2.45, 2.75) is 64.1 Å². The Morgan fingerprint density at radius 1 is 1.06 bits per heavy atom. The Morgan fingerprint density at radius 3 is 2.38 bits per heavy atom. The minimum Gasteiger partial charge on any atom is -0.467 e. The van der Waals surface area contributed by atoms with Crippen LogP contribution in [0.2, 0.25) is 0 Å². The summed E-state index contributed by atoms with van der Waals surface area (Å²) in [6.07, 6.45) is 1.59. The van der Waals surface area contributed by atoms with Crippen molar-refractivity contribution in [1.29, 1.82) is 0 Å². The molecular formula is C26H32N2O4. The molecule has 1 saturated heterocycles. The summed E-state index contributed by atoms with van der Waals surface area (Å²) in [6, 6.07) is 16.8. The second kappa shape index (κ2) is 10.9. The lowest BCUT2D eigenvalue weighted by Crippen LogP contribution is -2.45. The van der Waals surface area contributed by atoms with E-state index < -0.39 is 12.0 Å². The molecule has 0 aliphatic carbocycles. The normalized spacial score (nSPS) is 16.8. The second-order valence-corrected chi connectivity index (χ2v) is 8.65. The summed E-state index contributed by atoms with van der Waals surface area (Å²) in [4.78, 5) is 39.3. The first-order valence-electron chi connectivity index (χ1n) is 11.2. The summed E-state index contributed by atoms with van der Waals surface area (Å²) in [7, 11) is 1.31. The Balaban J connectivity index is 1.62. The van der Waals surface area contributed by atoms with Crippen molar-refractivity contribution >= 4 is 17.8 Å². The number of nitrogens with one attached hydrogen (secondary N) is 1. The molecule has 0 spiro atoms. The van der Waals surface area contributed by atoms with E-state index in [0.29, 0.717) is 31.7 Å². The third-order valence-corrected chi connectivity index (χ3v) is 5.98. The summed E-state index contributed by atoms with van der Waals surface area (Å²) in [5, 5.41) is 2.81. The molecule has 170 valence electrons. The number of rotatable bonds is 9. The monoisotopic (exact) mass is 436 g/mol. The molecule has 1 N–H and O–H groups in total. The van der Waals surface area contributed by atoms with Gasteiger partial charge in [-0.15, -0.1) is 0 Å². The number of methoxy groups -OCH3 is 1. The highest BCUT2D eigenvalue weighted by Gasteiger charge is 2.33. The lowest BCUT2D eigenvalue weighted by atomic mass is 10.0. The second-order valence-electron chi connectivity index (χ2n) is 8.65. The van der Waals surface area contributed by atoms with Crippen LogP contribution in [0, 0.1) is 0 Å². The predicted molar refractivity (Wildman–Crippen MR) is 123 cm³/mol. The van der Waals surface area contributed by atoms with Gasteiger partial charge in [-0.2, -0.15) is 0 Å². The molecule has 6 heteroatoms. The number of carbonyl (C=O) groups excluding carboxylic acids is 3. The Morgan fingerprint density at radius 2 is 1.75 bits per heavy atom. The average Bonchev–Trinajstić information content (AvgIpc) is 3.12. The van der Waals surface area contributed by atoms with Crippen LogP contribution in [0.3, 0.4) is 0 Å². The van der Waals surface area contributed by atoms with Crippen molar-refractivity contribution in [3.05, 3.63) is 71.3 Å². The Kier molecular flexibility index (Phi) is 8.03. The fourth-order valence-electron chi connectivity index (χ4n) is 4.08. The molecular weight excluding hydrogens is 404 g/mol. The Labute approximate surface area is 189 Å². The summed E-state index contributed by atoms with van der Waals surface area (Å²) < 4.78 is 4.88. The maximum atomic E-state index is 12.8. The first-order chi connectivity index (χ1) is 15.4. The van der Waals surface area contributed by atoms with Crippen LogP contribution in [-0.2, 0) is 32.1 Å². The Bertz CT molecular complexity index is 925. The minimum absolute atomic E-state index is 0.0598. The molecule has 0 saturated carbocycles. The zero-order chi connectivity index (χ0) is 23.1. The molecule has 6 nitrogen and oxygen atoms in total. The molecule has 1 aliphatic heterocycles. The number of likely N-dealkylation sites (tertiary alicyclic amines) is 1. The number of benzene rings is 2. The number of nitrogens with zero attached hydrogens (tertiary/aromatic N) is 1. The van der Waals surface area contributed by atoms with Crippen LogP contribution in [0.5, 0.6) is 0 Å². The third-order valence-electron chi connectivity index (χ3n) is 5.98. The molecule has 3 rings (SSSR count). The zero-order valence-electron chi connectivity index (χ0n) is 19.0. The van der Waals surface area contributed by atoms with Gasteiger partial charge in [0.25, 0.3) is 0 Å². The van der Waals surface area contributed by atoms with Gasteiger partial charge in [0.15, 0.2) is 0 Å². The van der Waals surface area contributed by atoms with Crippen LogP contribution in [0.15, 0.2) is 54.6 Å². The van der Waals surface area contributed by atoms with Crippen molar-refractivity contribution in [2.24, 2.45) is 0 Å². The molecule has 1 aliphatic rings. The molecule has 0 bridgehead atoms. The largest absolute Gasteiger partial charge is 0.467 e. The van der Waals surface area contributed by atoms with Crippen molar-refractivity contribution < 1.29 is 19.1 Å².